The predicted octanol–water partition coefficient (Wildman–Crippen LogP) is 1.23. The van der Waals surface area contributed by atoms with E-state index in [1.54, 1.807) is 7.11 Å². The van der Waals surface area contributed by atoms with Gasteiger partial charge in [-0.2, -0.15) is 4.31 Å². The lowest BCUT2D eigenvalue weighted by atomic mass is 10.1. The van der Waals surface area contributed by atoms with Crippen molar-refractivity contribution in [1.82, 2.24) is 4.31 Å². The summed E-state index contributed by atoms with van der Waals surface area (Å²) in [5, 5.41) is 0.639. The number of rotatable bonds is 6. The van der Waals surface area contributed by atoms with Crippen LogP contribution in [0.15, 0.2) is 0 Å². The Morgan fingerprint density at radius 2 is 2.17 bits per heavy atom. The van der Waals surface area contributed by atoms with Gasteiger partial charge in [-0.05, 0) is 20.3 Å². The van der Waals surface area contributed by atoms with Gasteiger partial charge in [0, 0.05) is 32.1 Å². The van der Waals surface area contributed by atoms with Gasteiger partial charge in [-0.3, -0.25) is 0 Å². The van der Waals surface area contributed by atoms with Crippen LogP contribution in [0.2, 0.25) is 0 Å². The third-order valence-electron chi connectivity index (χ3n) is 2.77. The maximum Gasteiger partial charge on any atom is 0.214 e. The summed E-state index contributed by atoms with van der Waals surface area (Å²) in [4.78, 5) is 0. The molecular weight excluding hydrogens is 322 g/mol. The van der Waals surface area contributed by atoms with Crippen LogP contribution in [-0.4, -0.2) is 62.3 Å². The van der Waals surface area contributed by atoms with Crippen LogP contribution in [0.5, 0.6) is 0 Å². The number of hydrogen-bond acceptors (Lipinski definition) is 4. The fraction of sp³-hybridized carbons (Fsp3) is 1.00. The van der Waals surface area contributed by atoms with Gasteiger partial charge >= 0.3 is 0 Å². The molecule has 0 amide bonds. The topological polar surface area (TPSA) is 55.8 Å². The molecule has 1 saturated heterocycles. The molecule has 0 spiro atoms. The Labute approximate surface area is 118 Å². The van der Waals surface area contributed by atoms with Crippen LogP contribution in [0.25, 0.3) is 0 Å². The molecule has 0 N–H and O–H groups in total. The van der Waals surface area contributed by atoms with Gasteiger partial charge in [0.2, 0.25) is 10.0 Å². The highest BCUT2D eigenvalue weighted by Gasteiger charge is 2.37. The van der Waals surface area contributed by atoms with Crippen molar-refractivity contribution in [3.05, 3.63) is 0 Å². The molecule has 0 aromatic rings. The minimum Gasteiger partial charge on any atom is -0.385 e. The Balaban J connectivity index is 2.68. The highest BCUT2D eigenvalue weighted by atomic mass is 79.9. The SMILES string of the molecule is COCCCS(=O)(=O)N1CC(CBr)OC(C)(C)C1. The van der Waals surface area contributed by atoms with Gasteiger partial charge in [0.1, 0.15) is 0 Å². The molecule has 0 bridgehead atoms. The standard InChI is InChI=1S/C11H22BrNO4S/c1-11(2)9-13(8-10(7-12)17-11)18(14,15)6-4-5-16-3/h10H,4-9H2,1-3H3. The zero-order valence-corrected chi connectivity index (χ0v) is 13.6. The van der Waals surface area contributed by atoms with Gasteiger partial charge in [-0.1, -0.05) is 15.9 Å². The van der Waals surface area contributed by atoms with E-state index in [0.29, 0.717) is 31.4 Å². The third kappa shape index (κ3) is 4.77. The second-order valence-electron chi connectivity index (χ2n) is 5.11. The normalized spacial score (nSPS) is 25.2. The van der Waals surface area contributed by atoms with Crippen LogP contribution in [0.4, 0.5) is 0 Å². The van der Waals surface area contributed by atoms with E-state index in [9.17, 15) is 8.42 Å². The van der Waals surface area contributed by atoms with Crippen LogP contribution < -0.4 is 0 Å². The fourth-order valence-corrected chi connectivity index (χ4v) is 4.03. The van der Waals surface area contributed by atoms with Gasteiger partial charge < -0.3 is 9.47 Å². The molecule has 18 heavy (non-hydrogen) atoms. The van der Waals surface area contributed by atoms with Crippen molar-refractivity contribution in [2.45, 2.75) is 32.0 Å². The van der Waals surface area contributed by atoms with Gasteiger partial charge in [0.05, 0.1) is 17.5 Å². The molecule has 108 valence electrons. The van der Waals surface area contributed by atoms with E-state index in [4.69, 9.17) is 9.47 Å². The van der Waals surface area contributed by atoms with Crippen LogP contribution in [-0.2, 0) is 19.5 Å². The van der Waals surface area contributed by atoms with Crippen LogP contribution >= 0.6 is 15.9 Å². The molecule has 1 fully saturated rings. The average Bonchev–Trinajstić information content (AvgIpc) is 2.27. The molecule has 0 saturated carbocycles. The van der Waals surface area contributed by atoms with E-state index in [1.165, 1.54) is 4.31 Å². The summed E-state index contributed by atoms with van der Waals surface area (Å²) in [7, 11) is -1.64. The maximum absolute atomic E-state index is 12.2. The number of halogens is 1. The maximum atomic E-state index is 12.2. The van der Waals surface area contributed by atoms with Crippen LogP contribution in [0.1, 0.15) is 20.3 Å². The Hall–Kier alpha value is 0.310. The van der Waals surface area contributed by atoms with Gasteiger partial charge in [0.15, 0.2) is 0 Å². The second-order valence-corrected chi connectivity index (χ2v) is 7.84. The quantitative estimate of drug-likeness (QED) is 0.537. The second kappa shape index (κ2) is 6.65. The lowest BCUT2D eigenvalue weighted by Gasteiger charge is -2.41. The van der Waals surface area contributed by atoms with Crippen LogP contribution in [0.3, 0.4) is 0 Å². The Morgan fingerprint density at radius 3 is 2.72 bits per heavy atom. The molecule has 0 aliphatic carbocycles. The number of alkyl halides is 1. The molecular formula is C11H22BrNO4S. The molecule has 1 aliphatic heterocycles. The average molecular weight is 344 g/mol. The van der Waals surface area contributed by atoms with Crippen molar-refractivity contribution >= 4 is 26.0 Å². The number of hydrogen-bond donors (Lipinski definition) is 0. The molecule has 7 heteroatoms. The largest absolute Gasteiger partial charge is 0.385 e. The Bertz CT molecular complexity index is 358. The van der Waals surface area contributed by atoms with Crippen molar-refractivity contribution in [2.75, 3.05) is 37.9 Å². The zero-order chi connectivity index (χ0) is 13.8. The van der Waals surface area contributed by atoms with E-state index >= 15 is 0 Å². The van der Waals surface area contributed by atoms with Crippen molar-refractivity contribution in [1.29, 1.82) is 0 Å². The zero-order valence-electron chi connectivity index (χ0n) is 11.2. The molecule has 0 radical (unpaired) electrons. The lowest BCUT2D eigenvalue weighted by molar-refractivity contribution is -0.106. The van der Waals surface area contributed by atoms with Crippen molar-refractivity contribution in [2.24, 2.45) is 0 Å². The highest BCUT2D eigenvalue weighted by Crippen LogP contribution is 2.24. The minimum atomic E-state index is -3.22. The molecule has 0 aromatic heterocycles. The van der Waals surface area contributed by atoms with Crippen molar-refractivity contribution < 1.29 is 17.9 Å². The molecule has 0 aromatic carbocycles. The predicted molar refractivity (Wildman–Crippen MR) is 74.6 cm³/mol. The first kappa shape index (κ1) is 16.4. The number of sulfonamides is 1. The Kier molecular flexibility index (Phi) is 6.05. The molecule has 1 heterocycles. The van der Waals surface area contributed by atoms with Crippen molar-refractivity contribution in [3.8, 4) is 0 Å². The number of nitrogens with zero attached hydrogens (tertiary/aromatic N) is 1. The van der Waals surface area contributed by atoms with E-state index in [2.05, 4.69) is 15.9 Å². The number of methoxy groups -OCH3 is 1. The van der Waals surface area contributed by atoms with Gasteiger partial charge in [-0.15, -0.1) is 0 Å². The first-order chi connectivity index (χ1) is 8.30. The number of morpholine rings is 1. The summed E-state index contributed by atoms with van der Waals surface area (Å²) in [5.74, 6) is 0.131. The van der Waals surface area contributed by atoms with E-state index in [1.807, 2.05) is 13.8 Å². The lowest BCUT2D eigenvalue weighted by Crippen LogP contribution is -2.55. The summed E-state index contributed by atoms with van der Waals surface area (Å²) in [6, 6.07) is 0. The van der Waals surface area contributed by atoms with E-state index in [-0.39, 0.29) is 11.9 Å². The smallest absolute Gasteiger partial charge is 0.214 e. The van der Waals surface area contributed by atoms with Crippen molar-refractivity contribution in [3.63, 3.8) is 0 Å². The summed E-state index contributed by atoms with van der Waals surface area (Å²) in [6.45, 7) is 5.13. The summed E-state index contributed by atoms with van der Waals surface area (Å²) in [6.07, 6.45) is 0.432. The summed E-state index contributed by atoms with van der Waals surface area (Å²) < 4.78 is 36.6. The summed E-state index contributed by atoms with van der Waals surface area (Å²) in [5.41, 5.74) is -0.439. The Morgan fingerprint density at radius 1 is 1.50 bits per heavy atom. The molecule has 1 aliphatic rings. The summed E-state index contributed by atoms with van der Waals surface area (Å²) >= 11 is 3.35. The van der Waals surface area contributed by atoms with Gasteiger partial charge in [-0.25, -0.2) is 8.42 Å². The molecule has 1 atom stereocenters. The molecule has 1 rings (SSSR count). The first-order valence-corrected chi connectivity index (χ1v) is 8.74. The molecule has 1 unspecified atom stereocenters. The van der Waals surface area contributed by atoms with E-state index in [0.717, 1.165) is 0 Å². The third-order valence-corrected chi connectivity index (χ3v) is 5.36. The van der Waals surface area contributed by atoms with E-state index < -0.39 is 15.6 Å². The monoisotopic (exact) mass is 343 g/mol. The highest BCUT2D eigenvalue weighted by molar-refractivity contribution is 9.09. The molecule has 5 nitrogen and oxygen atoms in total. The van der Waals surface area contributed by atoms with Crippen LogP contribution in [0, 0.1) is 0 Å². The minimum absolute atomic E-state index is 0.0917. The number of ether oxygens (including phenoxy) is 2. The first-order valence-electron chi connectivity index (χ1n) is 6.01. The van der Waals surface area contributed by atoms with Gasteiger partial charge in [0.25, 0.3) is 0 Å². The fourth-order valence-electron chi connectivity index (χ4n) is 2.05.